The third-order valence-electron chi connectivity index (χ3n) is 3.14. The third-order valence-corrected chi connectivity index (χ3v) is 3.14. The number of nitrogens with zero attached hydrogens (tertiary/aromatic N) is 3. The van der Waals surface area contributed by atoms with Gasteiger partial charge in [0, 0.05) is 6.20 Å². The lowest BCUT2D eigenvalue weighted by Crippen LogP contribution is -2.13. The molecule has 0 unspecified atom stereocenters. The summed E-state index contributed by atoms with van der Waals surface area (Å²) < 4.78 is 5.02. The molecule has 2 N–H and O–H groups in total. The van der Waals surface area contributed by atoms with Crippen molar-refractivity contribution in [1.29, 1.82) is 0 Å². The van der Waals surface area contributed by atoms with E-state index in [2.05, 4.69) is 25.7 Å². The van der Waals surface area contributed by atoms with Gasteiger partial charge in [-0.05, 0) is 26.8 Å². The standard InChI is InChI=1S/C13H13N5O2/c1-6-10-4-9(5-14-13(10)20-18-6)12(19)15-11-7(2)16-17-8(11)3/h4-5H,1-3H3,(H,15,19)(H,16,17). The van der Waals surface area contributed by atoms with Crippen LogP contribution in [0.2, 0.25) is 0 Å². The van der Waals surface area contributed by atoms with Crippen LogP contribution in [-0.2, 0) is 0 Å². The van der Waals surface area contributed by atoms with E-state index in [4.69, 9.17) is 4.52 Å². The van der Waals surface area contributed by atoms with Crippen molar-refractivity contribution in [1.82, 2.24) is 20.3 Å². The van der Waals surface area contributed by atoms with Crippen molar-refractivity contribution >= 4 is 22.7 Å². The van der Waals surface area contributed by atoms with E-state index in [1.165, 1.54) is 6.20 Å². The Morgan fingerprint density at radius 2 is 2.10 bits per heavy atom. The van der Waals surface area contributed by atoms with E-state index >= 15 is 0 Å². The molecule has 20 heavy (non-hydrogen) atoms. The normalized spacial score (nSPS) is 10.9. The number of anilines is 1. The summed E-state index contributed by atoms with van der Waals surface area (Å²) in [6.45, 7) is 5.48. The first-order valence-corrected chi connectivity index (χ1v) is 6.11. The summed E-state index contributed by atoms with van der Waals surface area (Å²) in [4.78, 5) is 16.3. The predicted molar refractivity (Wildman–Crippen MR) is 72.6 cm³/mol. The van der Waals surface area contributed by atoms with Crippen LogP contribution in [0.4, 0.5) is 5.69 Å². The Labute approximate surface area is 114 Å². The molecule has 3 aromatic heterocycles. The van der Waals surface area contributed by atoms with Gasteiger partial charge in [-0.15, -0.1) is 0 Å². The second kappa shape index (κ2) is 4.44. The second-order valence-electron chi connectivity index (χ2n) is 4.61. The molecule has 3 rings (SSSR count). The van der Waals surface area contributed by atoms with E-state index in [9.17, 15) is 4.79 Å². The summed E-state index contributed by atoms with van der Waals surface area (Å²) in [6, 6.07) is 1.72. The Morgan fingerprint density at radius 1 is 1.30 bits per heavy atom. The van der Waals surface area contributed by atoms with Gasteiger partial charge in [0.05, 0.1) is 33.7 Å². The average Bonchev–Trinajstić information content (AvgIpc) is 2.96. The highest BCUT2D eigenvalue weighted by Gasteiger charge is 2.14. The molecule has 7 nitrogen and oxygen atoms in total. The highest BCUT2D eigenvalue weighted by atomic mass is 16.5. The zero-order chi connectivity index (χ0) is 14.3. The van der Waals surface area contributed by atoms with E-state index in [1.807, 2.05) is 13.8 Å². The summed E-state index contributed by atoms with van der Waals surface area (Å²) >= 11 is 0. The van der Waals surface area contributed by atoms with E-state index in [0.29, 0.717) is 22.7 Å². The molecule has 102 valence electrons. The Kier molecular flexibility index (Phi) is 2.74. The number of hydrogen-bond donors (Lipinski definition) is 2. The zero-order valence-corrected chi connectivity index (χ0v) is 11.3. The van der Waals surface area contributed by atoms with Crippen LogP contribution < -0.4 is 5.32 Å². The van der Waals surface area contributed by atoms with E-state index in [-0.39, 0.29) is 5.91 Å². The molecular formula is C13H13N5O2. The molecule has 0 saturated carbocycles. The van der Waals surface area contributed by atoms with Gasteiger partial charge in [0.1, 0.15) is 0 Å². The maximum Gasteiger partial charge on any atom is 0.257 e. The van der Waals surface area contributed by atoms with E-state index in [0.717, 1.165) is 16.8 Å². The van der Waals surface area contributed by atoms with Crippen LogP contribution in [0.15, 0.2) is 16.8 Å². The number of rotatable bonds is 2. The molecule has 0 aliphatic rings. The van der Waals surface area contributed by atoms with Crippen molar-refractivity contribution in [2.75, 3.05) is 5.32 Å². The van der Waals surface area contributed by atoms with Gasteiger partial charge in [-0.1, -0.05) is 5.16 Å². The van der Waals surface area contributed by atoms with Crippen LogP contribution in [0, 0.1) is 20.8 Å². The molecule has 3 heterocycles. The predicted octanol–water partition coefficient (Wildman–Crippen LogP) is 2.12. The minimum atomic E-state index is -0.243. The smallest absolute Gasteiger partial charge is 0.257 e. The summed E-state index contributed by atoms with van der Waals surface area (Å²) in [5, 5.41) is 14.2. The number of hydrogen-bond acceptors (Lipinski definition) is 5. The molecule has 0 spiro atoms. The van der Waals surface area contributed by atoms with Gasteiger partial charge >= 0.3 is 0 Å². The number of pyridine rings is 1. The first-order valence-electron chi connectivity index (χ1n) is 6.11. The quantitative estimate of drug-likeness (QED) is 0.744. The lowest BCUT2D eigenvalue weighted by atomic mass is 10.2. The van der Waals surface area contributed by atoms with Gasteiger partial charge in [-0.3, -0.25) is 9.89 Å². The zero-order valence-electron chi connectivity index (χ0n) is 11.3. The molecule has 0 fully saturated rings. The largest absolute Gasteiger partial charge is 0.336 e. The van der Waals surface area contributed by atoms with Crippen LogP contribution in [0.3, 0.4) is 0 Å². The lowest BCUT2D eigenvalue weighted by Gasteiger charge is -2.04. The fourth-order valence-electron chi connectivity index (χ4n) is 1.99. The molecule has 3 aromatic rings. The molecule has 0 bridgehead atoms. The summed E-state index contributed by atoms with van der Waals surface area (Å²) in [5.41, 5.74) is 3.82. The Hall–Kier alpha value is -2.70. The van der Waals surface area contributed by atoms with Crippen LogP contribution in [0.1, 0.15) is 27.4 Å². The number of aromatic nitrogens is 4. The van der Waals surface area contributed by atoms with E-state index < -0.39 is 0 Å². The minimum absolute atomic E-state index is 0.243. The molecule has 0 aliphatic carbocycles. The molecule has 1 amide bonds. The SMILES string of the molecule is Cc1n[nH]c(C)c1NC(=O)c1cnc2onc(C)c2c1. The lowest BCUT2D eigenvalue weighted by molar-refractivity contribution is 0.102. The number of aryl methyl sites for hydroxylation is 3. The highest BCUT2D eigenvalue weighted by molar-refractivity contribution is 6.06. The maximum atomic E-state index is 12.2. The third kappa shape index (κ3) is 1.93. The fourth-order valence-corrected chi connectivity index (χ4v) is 1.99. The van der Waals surface area contributed by atoms with Crippen molar-refractivity contribution in [3.8, 4) is 0 Å². The molecule has 7 heteroatoms. The van der Waals surface area contributed by atoms with Crippen LogP contribution >= 0.6 is 0 Å². The molecule has 0 aliphatic heterocycles. The Bertz CT molecular complexity index is 783. The van der Waals surface area contributed by atoms with Gasteiger partial charge < -0.3 is 9.84 Å². The number of fused-ring (bicyclic) bond motifs is 1. The topological polar surface area (TPSA) is 96.7 Å². The highest BCUT2D eigenvalue weighted by Crippen LogP contribution is 2.20. The van der Waals surface area contributed by atoms with Crippen molar-refractivity contribution in [3.63, 3.8) is 0 Å². The van der Waals surface area contributed by atoms with Crippen LogP contribution in [0.25, 0.3) is 11.1 Å². The number of aromatic amines is 1. The van der Waals surface area contributed by atoms with Crippen molar-refractivity contribution in [2.45, 2.75) is 20.8 Å². The molecule has 0 aromatic carbocycles. The second-order valence-corrected chi connectivity index (χ2v) is 4.61. The van der Waals surface area contributed by atoms with E-state index in [1.54, 1.807) is 13.0 Å². The maximum absolute atomic E-state index is 12.2. The van der Waals surface area contributed by atoms with Gasteiger partial charge in [-0.25, -0.2) is 4.98 Å². The number of H-pyrrole nitrogens is 1. The van der Waals surface area contributed by atoms with Gasteiger partial charge in [0.25, 0.3) is 11.6 Å². The number of nitrogens with one attached hydrogen (secondary N) is 2. The van der Waals surface area contributed by atoms with Crippen LogP contribution in [0.5, 0.6) is 0 Å². The van der Waals surface area contributed by atoms with Gasteiger partial charge in [0.2, 0.25) is 0 Å². The molecule has 0 radical (unpaired) electrons. The Balaban J connectivity index is 1.94. The van der Waals surface area contributed by atoms with Gasteiger partial charge in [0.15, 0.2) is 0 Å². The minimum Gasteiger partial charge on any atom is -0.336 e. The average molecular weight is 271 g/mol. The van der Waals surface area contributed by atoms with Gasteiger partial charge in [-0.2, -0.15) is 5.10 Å². The monoisotopic (exact) mass is 271 g/mol. The summed E-state index contributed by atoms with van der Waals surface area (Å²) in [6.07, 6.45) is 1.47. The summed E-state index contributed by atoms with van der Waals surface area (Å²) in [5.74, 6) is -0.243. The molecule has 0 atom stereocenters. The number of carbonyl (C=O) groups is 1. The van der Waals surface area contributed by atoms with Crippen molar-refractivity contribution in [3.05, 3.63) is 34.9 Å². The Morgan fingerprint density at radius 3 is 2.80 bits per heavy atom. The number of carbonyl (C=O) groups excluding carboxylic acids is 1. The first-order chi connectivity index (χ1) is 9.56. The van der Waals surface area contributed by atoms with Crippen molar-refractivity contribution in [2.24, 2.45) is 0 Å². The molecule has 0 saturated heterocycles. The first kappa shape index (κ1) is 12.3. The van der Waals surface area contributed by atoms with Crippen LogP contribution in [-0.4, -0.2) is 26.2 Å². The van der Waals surface area contributed by atoms with Crippen molar-refractivity contribution < 1.29 is 9.32 Å². The summed E-state index contributed by atoms with van der Waals surface area (Å²) in [7, 11) is 0. The molecular weight excluding hydrogens is 258 g/mol. The number of amides is 1. The fraction of sp³-hybridized carbons (Fsp3) is 0.231.